The van der Waals surface area contributed by atoms with Crippen LogP contribution in [-0.4, -0.2) is 5.78 Å². The molecule has 1 saturated carbocycles. The van der Waals surface area contributed by atoms with E-state index in [2.05, 4.69) is 6.07 Å². The summed E-state index contributed by atoms with van der Waals surface area (Å²) in [6.07, 6.45) is 4.24. The van der Waals surface area contributed by atoms with Crippen LogP contribution in [0.15, 0.2) is 90.0 Å². The van der Waals surface area contributed by atoms with Gasteiger partial charge >= 0.3 is 0 Å². The number of ketones is 1. The topological polar surface area (TPSA) is 40.9 Å². The standard InChI is InChI=1S/C27H19Cl2NO/c28-24-12-6-4-8-19(24)14-21-16-27(18-30,23-10-2-1-3-11-23)17-22(26(21)31)15-20-9-5-7-13-25(20)29/h1-15H,16-17H2/b21-14+,22-15+. The van der Waals surface area contributed by atoms with E-state index in [0.717, 1.165) is 16.7 Å². The van der Waals surface area contributed by atoms with Gasteiger partial charge in [-0.1, -0.05) is 89.9 Å². The lowest BCUT2D eigenvalue weighted by Crippen LogP contribution is -2.33. The Morgan fingerprint density at radius 3 is 1.65 bits per heavy atom. The number of nitriles is 1. The van der Waals surface area contributed by atoms with Gasteiger partial charge in [0.25, 0.3) is 0 Å². The van der Waals surface area contributed by atoms with Crippen molar-refractivity contribution in [1.82, 2.24) is 0 Å². The lowest BCUT2D eigenvalue weighted by molar-refractivity contribution is -0.113. The number of Topliss-reactive ketones (excluding diaryl/α,β-unsaturated/α-hetero) is 1. The molecular formula is C27H19Cl2NO. The van der Waals surface area contributed by atoms with Crippen molar-refractivity contribution < 1.29 is 4.79 Å². The number of rotatable bonds is 3. The molecular weight excluding hydrogens is 425 g/mol. The van der Waals surface area contributed by atoms with Gasteiger partial charge in [0.1, 0.15) is 0 Å². The van der Waals surface area contributed by atoms with Crippen LogP contribution in [0.5, 0.6) is 0 Å². The molecule has 3 aromatic carbocycles. The molecule has 1 fully saturated rings. The van der Waals surface area contributed by atoms with Crippen LogP contribution in [0.3, 0.4) is 0 Å². The zero-order chi connectivity index (χ0) is 21.8. The lowest BCUT2D eigenvalue weighted by Gasteiger charge is -2.34. The van der Waals surface area contributed by atoms with Gasteiger partial charge in [0.2, 0.25) is 0 Å². The molecule has 4 heteroatoms. The first-order chi connectivity index (χ1) is 15.0. The Balaban J connectivity index is 1.88. The Labute approximate surface area is 192 Å². The minimum absolute atomic E-state index is 0.0818. The van der Waals surface area contributed by atoms with E-state index in [4.69, 9.17) is 23.2 Å². The van der Waals surface area contributed by atoms with Gasteiger partial charge in [-0.25, -0.2) is 0 Å². The van der Waals surface area contributed by atoms with Crippen molar-refractivity contribution in [3.8, 4) is 6.07 Å². The molecule has 0 unspecified atom stereocenters. The Morgan fingerprint density at radius 1 is 0.742 bits per heavy atom. The number of hydrogen-bond acceptors (Lipinski definition) is 2. The average Bonchev–Trinajstić information content (AvgIpc) is 2.80. The summed E-state index contributed by atoms with van der Waals surface area (Å²) in [5.74, 6) is -0.0818. The van der Waals surface area contributed by atoms with Crippen molar-refractivity contribution in [3.63, 3.8) is 0 Å². The second-order valence-electron chi connectivity index (χ2n) is 7.62. The zero-order valence-electron chi connectivity index (χ0n) is 16.7. The molecule has 3 aromatic rings. The van der Waals surface area contributed by atoms with E-state index in [1.54, 1.807) is 24.3 Å². The van der Waals surface area contributed by atoms with E-state index in [9.17, 15) is 10.1 Å². The largest absolute Gasteiger partial charge is 0.289 e. The first-order valence-corrected chi connectivity index (χ1v) is 10.7. The van der Waals surface area contributed by atoms with Crippen molar-refractivity contribution >= 4 is 41.1 Å². The molecule has 0 aromatic heterocycles. The predicted molar refractivity (Wildman–Crippen MR) is 127 cm³/mol. The molecule has 0 radical (unpaired) electrons. The van der Waals surface area contributed by atoms with Gasteiger partial charge in [0, 0.05) is 21.2 Å². The number of carbonyl (C=O) groups is 1. The first kappa shape index (κ1) is 21.1. The second kappa shape index (κ2) is 8.94. The van der Waals surface area contributed by atoms with Crippen LogP contribution in [0.1, 0.15) is 29.5 Å². The molecule has 2 nitrogen and oxygen atoms in total. The summed E-state index contributed by atoms with van der Waals surface area (Å²) in [4.78, 5) is 13.5. The predicted octanol–water partition coefficient (Wildman–Crippen LogP) is 7.28. The van der Waals surface area contributed by atoms with Crippen LogP contribution in [-0.2, 0) is 10.2 Å². The highest BCUT2D eigenvalue weighted by Gasteiger charge is 2.41. The second-order valence-corrected chi connectivity index (χ2v) is 8.44. The van der Waals surface area contributed by atoms with E-state index in [1.165, 1.54) is 0 Å². The quantitative estimate of drug-likeness (QED) is 0.398. The minimum Gasteiger partial charge on any atom is -0.289 e. The van der Waals surface area contributed by atoms with Crippen LogP contribution in [0.4, 0.5) is 0 Å². The van der Waals surface area contributed by atoms with Crippen molar-refractivity contribution in [2.75, 3.05) is 0 Å². The van der Waals surface area contributed by atoms with Gasteiger partial charge in [0.05, 0.1) is 11.5 Å². The summed E-state index contributed by atoms with van der Waals surface area (Å²) >= 11 is 12.7. The highest BCUT2D eigenvalue weighted by Crippen LogP contribution is 2.44. The van der Waals surface area contributed by atoms with Crippen molar-refractivity contribution in [1.29, 1.82) is 5.26 Å². The summed E-state index contributed by atoms with van der Waals surface area (Å²) in [7, 11) is 0. The summed E-state index contributed by atoms with van der Waals surface area (Å²) in [6.45, 7) is 0. The molecule has 1 aliphatic carbocycles. The third-order valence-corrected chi connectivity index (χ3v) is 6.27. The number of allylic oxidation sites excluding steroid dienone is 2. The summed E-state index contributed by atoms with van der Waals surface area (Å²) in [5.41, 5.74) is 2.67. The number of hydrogen-bond donors (Lipinski definition) is 0. The summed E-state index contributed by atoms with van der Waals surface area (Å²) in [5, 5.41) is 11.4. The maximum absolute atomic E-state index is 13.5. The van der Waals surface area contributed by atoms with Crippen LogP contribution in [0, 0.1) is 11.3 Å². The molecule has 152 valence electrons. The molecule has 0 bridgehead atoms. The Morgan fingerprint density at radius 2 is 1.19 bits per heavy atom. The van der Waals surface area contributed by atoms with Gasteiger partial charge in [-0.2, -0.15) is 5.26 Å². The maximum atomic E-state index is 13.5. The van der Waals surface area contributed by atoms with Crippen LogP contribution in [0.2, 0.25) is 10.0 Å². The van der Waals surface area contributed by atoms with E-state index < -0.39 is 5.41 Å². The molecule has 0 heterocycles. The SMILES string of the molecule is N#CC1(c2ccccc2)C/C(=C\c2ccccc2Cl)C(=O)/C(=C/c2ccccc2Cl)C1. The van der Waals surface area contributed by atoms with E-state index in [-0.39, 0.29) is 5.78 Å². The van der Waals surface area contributed by atoms with Crippen molar-refractivity contribution in [2.45, 2.75) is 18.3 Å². The van der Waals surface area contributed by atoms with E-state index in [1.807, 2.05) is 66.7 Å². The number of benzene rings is 3. The minimum atomic E-state index is -0.852. The van der Waals surface area contributed by atoms with Crippen molar-refractivity contribution in [2.24, 2.45) is 0 Å². The smallest absolute Gasteiger partial charge is 0.185 e. The monoisotopic (exact) mass is 443 g/mol. The first-order valence-electron chi connectivity index (χ1n) is 9.94. The van der Waals surface area contributed by atoms with Crippen LogP contribution in [0.25, 0.3) is 12.2 Å². The Hall–Kier alpha value is -3.12. The highest BCUT2D eigenvalue weighted by atomic mass is 35.5. The molecule has 1 aliphatic rings. The zero-order valence-corrected chi connectivity index (χ0v) is 18.2. The molecule has 0 amide bonds. The normalized spacial score (nSPS) is 21.3. The number of carbonyl (C=O) groups excluding carboxylic acids is 1. The fourth-order valence-electron chi connectivity index (χ4n) is 3.98. The van der Waals surface area contributed by atoms with Crippen LogP contribution >= 0.6 is 23.2 Å². The van der Waals surface area contributed by atoms with Gasteiger partial charge < -0.3 is 0 Å². The highest BCUT2D eigenvalue weighted by molar-refractivity contribution is 6.33. The van der Waals surface area contributed by atoms with Gasteiger partial charge in [-0.05, 0) is 53.8 Å². The summed E-state index contributed by atoms with van der Waals surface area (Å²) in [6, 6.07) is 26.9. The van der Waals surface area contributed by atoms with Gasteiger partial charge in [-0.15, -0.1) is 0 Å². The maximum Gasteiger partial charge on any atom is 0.185 e. The van der Waals surface area contributed by atoms with E-state index in [0.29, 0.717) is 34.0 Å². The summed E-state index contributed by atoms with van der Waals surface area (Å²) < 4.78 is 0. The van der Waals surface area contributed by atoms with Crippen molar-refractivity contribution in [3.05, 3.63) is 117 Å². The average molecular weight is 444 g/mol. The fraction of sp³-hybridized carbons (Fsp3) is 0.111. The molecule has 0 atom stereocenters. The Bertz CT molecular complexity index is 1170. The van der Waals surface area contributed by atoms with Crippen LogP contribution < -0.4 is 0 Å². The fourth-order valence-corrected chi connectivity index (χ4v) is 4.36. The number of nitrogens with zero attached hydrogens (tertiary/aromatic N) is 1. The number of halogens is 2. The molecule has 31 heavy (non-hydrogen) atoms. The van der Waals surface area contributed by atoms with E-state index >= 15 is 0 Å². The molecule has 0 saturated heterocycles. The molecule has 0 aliphatic heterocycles. The molecule has 0 spiro atoms. The van der Waals surface area contributed by atoms with Gasteiger partial charge in [0.15, 0.2) is 5.78 Å². The Kier molecular flexibility index (Phi) is 6.09. The molecule has 4 rings (SSSR count). The molecule has 0 N–H and O–H groups in total. The van der Waals surface area contributed by atoms with Gasteiger partial charge in [-0.3, -0.25) is 4.79 Å². The third kappa shape index (κ3) is 4.35. The lowest BCUT2D eigenvalue weighted by atomic mass is 9.66. The third-order valence-electron chi connectivity index (χ3n) is 5.58.